The van der Waals surface area contributed by atoms with Crippen molar-refractivity contribution in [3.63, 3.8) is 0 Å². The van der Waals surface area contributed by atoms with Gasteiger partial charge >= 0.3 is 12.0 Å². The number of carboxylic acid groups (broad SMARTS) is 1. The Bertz CT molecular complexity index is 641. The standard InChI is InChI=1S/C11H12ClN5O3S/c12-9-2-1-8(21-9)4-14-11(20)13-3-7-5-17(16-15-7)6-10(18)19/h1-2,5H,3-4,6H2,(H,18,19)(H2,13,14,20). The zero-order chi connectivity index (χ0) is 15.2. The third kappa shape index (κ3) is 5.04. The maximum absolute atomic E-state index is 11.6. The van der Waals surface area contributed by atoms with Gasteiger partial charge in [0.2, 0.25) is 0 Å². The third-order valence-corrected chi connectivity index (χ3v) is 3.60. The van der Waals surface area contributed by atoms with Crippen LogP contribution < -0.4 is 10.6 Å². The Hall–Kier alpha value is -2.13. The number of aromatic nitrogens is 3. The summed E-state index contributed by atoms with van der Waals surface area (Å²) in [5, 5.41) is 21.3. The Morgan fingerprint density at radius 2 is 2.10 bits per heavy atom. The molecule has 0 aliphatic heterocycles. The van der Waals surface area contributed by atoms with E-state index in [4.69, 9.17) is 16.7 Å². The van der Waals surface area contributed by atoms with Crippen molar-refractivity contribution in [3.8, 4) is 0 Å². The van der Waals surface area contributed by atoms with Crippen LogP contribution in [0, 0.1) is 0 Å². The molecule has 3 N–H and O–H groups in total. The van der Waals surface area contributed by atoms with Crippen LogP contribution in [0.5, 0.6) is 0 Å². The van der Waals surface area contributed by atoms with Gasteiger partial charge in [0.15, 0.2) is 0 Å². The summed E-state index contributed by atoms with van der Waals surface area (Å²) < 4.78 is 1.85. The molecule has 0 saturated carbocycles. The van der Waals surface area contributed by atoms with Crippen LogP contribution in [0.15, 0.2) is 18.3 Å². The van der Waals surface area contributed by atoms with Gasteiger partial charge in [-0.3, -0.25) is 4.79 Å². The normalized spacial score (nSPS) is 10.3. The number of nitrogens with one attached hydrogen (secondary N) is 2. The molecule has 2 rings (SSSR count). The fourth-order valence-corrected chi connectivity index (χ4v) is 2.51. The van der Waals surface area contributed by atoms with Gasteiger partial charge < -0.3 is 15.7 Å². The Morgan fingerprint density at radius 1 is 1.33 bits per heavy atom. The quantitative estimate of drug-likeness (QED) is 0.734. The molecule has 2 aromatic rings. The maximum atomic E-state index is 11.6. The van der Waals surface area contributed by atoms with Crippen molar-refractivity contribution < 1.29 is 14.7 Å². The van der Waals surface area contributed by atoms with E-state index in [1.165, 1.54) is 22.2 Å². The summed E-state index contributed by atoms with van der Waals surface area (Å²) in [7, 11) is 0. The molecule has 112 valence electrons. The molecule has 10 heteroatoms. The molecule has 0 fully saturated rings. The zero-order valence-corrected chi connectivity index (χ0v) is 12.3. The number of rotatable bonds is 6. The fraction of sp³-hybridized carbons (Fsp3) is 0.273. The zero-order valence-electron chi connectivity index (χ0n) is 10.7. The van der Waals surface area contributed by atoms with Gasteiger partial charge in [-0.25, -0.2) is 9.48 Å². The van der Waals surface area contributed by atoms with Gasteiger partial charge in [0, 0.05) is 4.88 Å². The predicted octanol–water partition coefficient (Wildman–Crippen LogP) is 1.08. The van der Waals surface area contributed by atoms with Crippen molar-refractivity contribution >= 4 is 34.9 Å². The van der Waals surface area contributed by atoms with Crippen LogP contribution in [0.25, 0.3) is 0 Å². The minimum absolute atomic E-state index is 0.163. The first-order valence-corrected chi connectivity index (χ1v) is 7.09. The highest BCUT2D eigenvalue weighted by atomic mass is 35.5. The highest BCUT2D eigenvalue weighted by Crippen LogP contribution is 2.20. The van der Waals surface area contributed by atoms with Crippen molar-refractivity contribution in [2.24, 2.45) is 0 Å². The first-order valence-electron chi connectivity index (χ1n) is 5.89. The second-order valence-corrected chi connectivity index (χ2v) is 5.84. The van der Waals surface area contributed by atoms with E-state index >= 15 is 0 Å². The van der Waals surface area contributed by atoms with Crippen molar-refractivity contribution in [3.05, 3.63) is 33.2 Å². The minimum atomic E-state index is -1.01. The van der Waals surface area contributed by atoms with Crippen LogP contribution in [0.1, 0.15) is 10.6 Å². The summed E-state index contributed by atoms with van der Waals surface area (Å²) in [5.41, 5.74) is 0.477. The molecule has 0 aliphatic carbocycles. The number of amides is 2. The summed E-state index contributed by atoms with van der Waals surface area (Å²) >= 11 is 7.18. The average Bonchev–Trinajstić information content (AvgIpc) is 3.02. The molecule has 0 radical (unpaired) electrons. The number of aliphatic carboxylic acids is 1. The highest BCUT2D eigenvalue weighted by molar-refractivity contribution is 7.16. The lowest BCUT2D eigenvalue weighted by molar-refractivity contribution is -0.137. The predicted molar refractivity (Wildman–Crippen MR) is 76.1 cm³/mol. The molecular weight excluding hydrogens is 318 g/mol. The van der Waals surface area contributed by atoms with Gasteiger partial charge in [-0.1, -0.05) is 16.8 Å². The third-order valence-electron chi connectivity index (χ3n) is 2.37. The van der Waals surface area contributed by atoms with Crippen LogP contribution >= 0.6 is 22.9 Å². The van der Waals surface area contributed by atoms with Crippen molar-refractivity contribution in [1.82, 2.24) is 25.6 Å². The number of carbonyl (C=O) groups is 2. The maximum Gasteiger partial charge on any atom is 0.325 e. The Kier molecular flexibility index (Phi) is 5.12. The average molecular weight is 330 g/mol. The van der Waals surface area contributed by atoms with E-state index in [1.54, 1.807) is 6.07 Å². The van der Waals surface area contributed by atoms with Crippen LogP contribution in [-0.2, 0) is 24.4 Å². The van der Waals surface area contributed by atoms with E-state index < -0.39 is 5.97 Å². The smallest absolute Gasteiger partial charge is 0.325 e. The number of carbonyl (C=O) groups excluding carboxylic acids is 1. The molecule has 0 bridgehead atoms. The summed E-state index contributed by atoms with van der Waals surface area (Å²) in [5.74, 6) is -1.01. The van der Waals surface area contributed by atoms with Crippen molar-refractivity contribution in [2.45, 2.75) is 19.6 Å². The summed E-state index contributed by atoms with van der Waals surface area (Å²) in [6.45, 7) is 0.282. The minimum Gasteiger partial charge on any atom is -0.480 e. The van der Waals surface area contributed by atoms with Gasteiger partial charge in [-0.15, -0.1) is 16.4 Å². The first kappa shape index (κ1) is 15.3. The second-order valence-electron chi connectivity index (χ2n) is 4.04. The molecule has 2 heterocycles. The molecular formula is C11H12ClN5O3S. The van der Waals surface area contributed by atoms with Crippen molar-refractivity contribution in [1.29, 1.82) is 0 Å². The molecule has 8 nitrogen and oxygen atoms in total. The lowest BCUT2D eigenvalue weighted by Gasteiger charge is -2.04. The van der Waals surface area contributed by atoms with Gasteiger partial charge in [0.05, 0.1) is 23.6 Å². The summed E-state index contributed by atoms with van der Waals surface area (Å²) in [6.07, 6.45) is 1.47. The number of hydrogen-bond donors (Lipinski definition) is 3. The molecule has 0 unspecified atom stereocenters. The van der Waals surface area contributed by atoms with E-state index in [2.05, 4.69) is 20.9 Å². The molecule has 21 heavy (non-hydrogen) atoms. The van der Waals surface area contributed by atoms with E-state index in [9.17, 15) is 9.59 Å². The summed E-state index contributed by atoms with van der Waals surface area (Å²) in [6, 6.07) is 3.25. The number of halogens is 1. The Balaban J connectivity index is 1.73. The van der Waals surface area contributed by atoms with Crippen LogP contribution in [0.4, 0.5) is 4.79 Å². The second kappa shape index (κ2) is 7.04. The number of thiophene rings is 1. The molecule has 2 amide bonds. The number of carboxylic acids is 1. The van der Waals surface area contributed by atoms with Crippen LogP contribution in [0.3, 0.4) is 0 Å². The monoisotopic (exact) mass is 329 g/mol. The van der Waals surface area contributed by atoms with E-state index in [0.717, 1.165) is 4.88 Å². The number of hydrogen-bond acceptors (Lipinski definition) is 5. The Labute approximate surface area is 128 Å². The van der Waals surface area contributed by atoms with Crippen LogP contribution in [0.2, 0.25) is 4.34 Å². The largest absolute Gasteiger partial charge is 0.480 e. The number of urea groups is 1. The summed E-state index contributed by atoms with van der Waals surface area (Å²) in [4.78, 5) is 23.0. The van der Waals surface area contributed by atoms with E-state index in [1.807, 2.05) is 6.07 Å². The molecule has 2 aromatic heterocycles. The Morgan fingerprint density at radius 3 is 2.76 bits per heavy atom. The lowest BCUT2D eigenvalue weighted by atomic mass is 10.4. The lowest BCUT2D eigenvalue weighted by Crippen LogP contribution is -2.34. The first-order chi connectivity index (χ1) is 10.0. The van der Waals surface area contributed by atoms with Gasteiger partial charge in [-0.2, -0.15) is 0 Å². The van der Waals surface area contributed by atoms with Gasteiger partial charge in [-0.05, 0) is 12.1 Å². The highest BCUT2D eigenvalue weighted by Gasteiger charge is 2.06. The molecule has 0 spiro atoms. The van der Waals surface area contributed by atoms with Gasteiger partial charge in [0.25, 0.3) is 0 Å². The van der Waals surface area contributed by atoms with Gasteiger partial charge in [0.1, 0.15) is 12.2 Å². The molecule has 0 saturated heterocycles. The fourth-order valence-electron chi connectivity index (χ4n) is 1.48. The molecule has 0 atom stereocenters. The number of nitrogens with zero attached hydrogens (tertiary/aromatic N) is 3. The molecule has 0 aliphatic rings. The van der Waals surface area contributed by atoms with E-state index in [0.29, 0.717) is 16.6 Å². The topological polar surface area (TPSA) is 109 Å². The molecule has 0 aromatic carbocycles. The SMILES string of the molecule is O=C(O)Cn1cc(CNC(=O)NCc2ccc(Cl)s2)nn1. The van der Waals surface area contributed by atoms with Crippen molar-refractivity contribution in [2.75, 3.05) is 0 Å². The van der Waals surface area contributed by atoms with Crippen LogP contribution in [-0.4, -0.2) is 32.1 Å². The van der Waals surface area contributed by atoms with E-state index in [-0.39, 0.29) is 19.1 Å².